The zero-order valence-electron chi connectivity index (χ0n) is 18.3. The Bertz CT molecular complexity index is 1190. The van der Waals surface area contributed by atoms with E-state index in [1.807, 2.05) is 30.3 Å². The molecule has 12 heteroatoms. The third kappa shape index (κ3) is 4.65. The molecule has 2 fully saturated rings. The van der Waals surface area contributed by atoms with Crippen molar-refractivity contribution in [3.63, 3.8) is 0 Å². The molecule has 1 amide bonds. The van der Waals surface area contributed by atoms with Crippen LogP contribution < -0.4 is 11.3 Å². The highest BCUT2D eigenvalue weighted by atomic mass is 19.2. The maximum absolute atomic E-state index is 13.8. The smallest absolute Gasteiger partial charge is 0.263 e. The maximum atomic E-state index is 13.8. The Morgan fingerprint density at radius 1 is 1.11 bits per heavy atom. The Kier molecular flexibility index (Phi) is 6.52. The molecule has 35 heavy (non-hydrogen) atoms. The van der Waals surface area contributed by atoms with Crippen molar-refractivity contribution in [2.75, 3.05) is 6.61 Å². The molecule has 3 aromatic rings. The Morgan fingerprint density at radius 2 is 1.86 bits per heavy atom. The van der Waals surface area contributed by atoms with Crippen LogP contribution in [0.1, 0.15) is 30.7 Å². The Labute approximate surface area is 197 Å². The van der Waals surface area contributed by atoms with E-state index in [2.05, 4.69) is 15.7 Å². The largest absolute Gasteiger partial charge is 0.362 e. The second-order valence-corrected chi connectivity index (χ2v) is 8.32. The summed E-state index contributed by atoms with van der Waals surface area (Å²) in [4.78, 5) is 12.3. The van der Waals surface area contributed by atoms with Crippen LogP contribution in [0.4, 0.5) is 13.2 Å². The number of carbonyl (C=O) groups excluding carboxylic acids is 1. The molecule has 0 radical (unpaired) electrons. The number of halogens is 3. The second-order valence-electron chi connectivity index (χ2n) is 8.32. The third-order valence-corrected chi connectivity index (χ3v) is 6.13. The van der Waals surface area contributed by atoms with Crippen molar-refractivity contribution in [2.24, 2.45) is 5.84 Å². The van der Waals surface area contributed by atoms with Gasteiger partial charge in [-0.2, -0.15) is 0 Å². The van der Waals surface area contributed by atoms with E-state index in [0.29, 0.717) is 13.0 Å². The molecular formula is C23H22F3N5O4. The minimum atomic E-state index is -1.57. The van der Waals surface area contributed by atoms with E-state index in [1.165, 1.54) is 10.9 Å². The molecule has 0 saturated carbocycles. The fourth-order valence-electron chi connectivity index (χ4n) is 4.41. The number of hydrogen-bond donors (Lipinski definition) is 2. The number of hydrazine groups is 1. The van der Waals surface area contributed by atoms with Gasteiger partial charge in [-0.05, 0) is 18.6 Å². The first kappa shape index (κ1) is 23.4. The zero-order chi connectivity index (χ0) is 24.5. The van der Waals surface area contributed by atoms with Crippen molar-refractivity contribution in [2.45, 2.75) is 43.5 Å². The highest BCUT2D eigenvalue weighted by Gasteiger charge is 2.46. The topological polar surface area (TPSA) is 114 Å². The second kappa shape index (κ2) is 9.74. The molecule has 1 aromatic heterocycles. The zero-order valence-corrected chi connectivity index (χ0v) is 18.3. The predicted octanol–water partition coefficient (Wildman–Crippen LogP) is 2.56. The number of rotatable bonds is 4. The average molecular weight is 489 g/mol. The van der Waals surface area contributed by atoms with Crippen LogP contribution >= 0.6 is 0 Å². The lowest BCUT2D eigenvalue weighted by Gasteiger charge is -2.40. The van der Waals surface area contributed by atoms with Gasteiger partial charge in [0, 0.05) is 17.5 Å². The van der Waals surface area contributed by atoms with Crippen molar-refractivity contribution in [1.29, 1.82) is 0 Å². The monoisotopic (exact) mass is 489 g/mol. The van der Waals surface area contributed by atoms with Crippen molar-refractivity contribution in [3.8, 4) is 11.3 Å². The van der Waals surface area contributed by atoms with Gasteiger partial charge < -0.3 is 14.2 Å². The molecule has 2 aromatic carbocycles. The summed E-state index contributed by atoms with van der Waals surface area (Å²) in [5, 5.41) is 8.13. The number of fused-ring (bicyclic) bond motifs is 1. The highest BCUT2D eigenvalue weighted by Crippen LogP contribution is 2.39. The lowest BCUT2D eigenvalue weighted by Crippen LogP contribution is -2.52. The van der Waals surface area contributed by atoms with E-state index in [0.717, 1.165) is 17.7 Å². The minimum Gasteiger partial charge on any atom is -0.362 e. The normalized spacial score (nSPS) is 26.6. The fraction of sp³-hybridized carbons (Fsp3) is 0.348. The number of amides is 1. The van der Waals surface area contributed by atoms with Crippen molar-refractivity contribution >= 4 is 5.91 Å². The summed E-state index contributed by atoms with van der Waals surface area (Å²) in [5.41, 5.74) is 3.05. The van der Waals surface area contributed by atoms with Crippen molar-refractivity contribution in [3.05, 3.63) is 71.7 Å². The van der Waals surface area contributed by atoms with E-state index in [1.54, 1.807) is 0 Å². The number of carbonyl (C=O) groups is 1. The molecule has 5 atom stereocenters. The molecule has 5 rings (SSSR count). The number of ether oxygens (including phenoxy) is 3. The summed E-state index contributed by atoms with van der Waals surface area (Å²) in [6.45, 7) is 0.321. The van der Waals surface area contributed by atoms with Gasteiger partial charge >= 0.3 is 0 Å². The average Bonchev–Trinajstić information content (AvgIpc) is 3.26. The fourth-order valence-corrected chi connectivity index (χ4v) is 4.41. The van der Waals surface area contributed by atoms with Crippen LogP contribution in [0.15, 0.2) is 48.7 Å². The number of hydrogen-bond acceptors (Lipinski definition) is 7. The summed E-state index contributed by atoms with van der Waals surface area (Å²) >= 11 is 0. The van der Waals surface area contributed by atoms with Gasteiger partial charge in [0.25, 0.3) is 5.91 Å². The van der Waals surface area contributed by atoms with Gasteiger partial charge in [-0.15, -0.1) is 5.10 Å². The Balaban J connectivity index is 1.49. The van der Waals surface area contributed by atoms with Crippen LogP contribution in [0.2, 0.25) is 0 Å². The molecule has 2 aliphatic rings. The summed E-state index contributed by atoms with van der Waals surface area (Å²) in [6.07, 6.45) is -0.658. The maximum Gasteiger partial charge on any atom is 0.263 e. The lowest BCUT2D eigenvalue weighted by molar-refractivity contribution is -0.213. The molecule has 184 valence electrons. The summed E-state index contributed by atoms with van der Waals surface area (Å²) in [5.74, 6) is 0.578. The number of nitrogens with two attached hydrogens (primary N) is 1. The summed E-state index contributed by atoms with van der Waals surface area (Å²) in [6, 6.07) is 10.5. The molecule has 0 spiro atoms. The van der Waals surface area contributed by atoms with Crippen LogP contribution in [0.5, 0.6) is 0 Å². The molecule has 2 saturated heterocycles. The SMILES string of the molecule is NNC(=O)[C@H]1C[C@@H](n2cc(-c3cc(F)c(F)c(F)c3)nn2)[C@H]2O[C@@H](c3ccccc3)OCC[C@H]2O1. The van der Waals surface area contributed by atoms with Gasteiger partial charge in [0.1, 0.15) is 17.9 Å². The van der Waals surface area contributed by atoms with Crippen LogP contribution in [0.25, 0.3) is 11.3 Å². The molecule has 0 unspecified atom stereocenters. The van der Waals surface area contributed by atoms with Gasteiger partial charge in [0.2, 0.25) is 0 Å². The number of aromatic nitrogens is 3. The molecule has 9 nitrogen and oxygen atoms in total. The quantitative estimate of drug-likeness (QED) is 0.251. The standard InChI is InChI=1S/C23H22F3N5O4/c24-14-8-13(9-15(25)20(14)26)16-11-31(30-29-16)17-10-19(22(32)28-27)34-18-6-7-33-23(35-21(17)18)12-4-2-1-3-5-12/h1-5,8-9,11,17-19,21,23H,6-7,10,27H2,(H,28,32)/t17-,18-,19-,21-,23+/m1/s1. The van der Waals surface area contributed by atoms with Gasteiger partial charge in [-0.25, -0.2) is 23.7 Å². The lowest BCUT2D eigenvalue weighted by atomic mass is 9.93. The van der Waals surface area contributed by atoms with E-state index in [-0.39, 0.29) is 17.7 Å². The molecule has 3 N–H and O–H groups in total. The number of benzene rings is 2. The Morgan fingerprint density at radius 3 is 2.57 bits per heavy atom. The molecular weight excluding hydrogens is 467 g/mol. The van der Waals surface area contributed by atoms with Crippen molar-refractivity contribution < 1.29 is 32.2 Å². The molecule has 3 heterocycles. The first-order valence-electron chi connectivity index (χ1n) is 11.0. The molecule has 0 aliphatic carbocycles. The highest BCUT2D eigenvalue weighted by molar-refractivity contribution is 5.80. The van der Waals surface area contributed by atoms with Gasteiger partial charge in [0.05, 0.1) is 24.9 Å². The first-order valence-corrected chi connectivity index (χ1v) is 11.0. The third-order valence-electron chi connectivity index (χ3n) is 6.13. The van der Waals surface area contributed by atoms with Gasteiger partial charge in [-0.1, -0.05) is 35.5 Å². The van der Waals surface area contributed by atoms with E-state index in [4.69, 9.17) is 20.1 Å². The predicted molar refractivity (Wildman–Crippen MR) is 115 cm³/mol. The van der Waals surface area contributed by atoms with Gasteiger partial charge in [-0.3, -0.25) is 10.2 Å². The van der Waals surface area contributed by atoms with Crippen LogP contribution in [0.3, 0.4) is 0 Å². The first-order chi connectivity index (χ1) is 16.9. The minimum absolute atomic E-state index is 0.0137. The van der Waals surface area contributed by atoms with Crippen LogP contribution in [-0.2, 0) is 19.0 Å². The van der Waals surface area contributed by atoms with Crippen molar-refractivity contribution in [1.82, 2.24) is 20.4 Å². The molecule has 0 bridgehead atoms. The Hall–Kier alpha value is -3.32. The summed E-state index contributed by atoms with van der Waals surface area (Å²) < 4.78 is 60.6. The van der Waals surface area contributed by atoms with E-state index in [9.17, 15) is 18.0 Å². The van der Waals surface area contributed by atoms with E-state index >= 15 is 0 Å². The van der Waals surface area contributed by atoms with E-state index < -0.39 is 54.0 Å². The van der Waals surface area contributed by atoms with Gasteiger partial charge in [0.15, 0.2) is 23.7 Å². The summed E-state index contributed by atoms with van der Waals surface area (Å²) in [7, 11) is 0. The molecule has 2 aliphatic heterocycles. The number of nitrogens with zero attached hydrogens (tertiary/aromatic N) is 3. The number of nitrogens with one attached hydrogen (secondary N) is 1. The van der Waals surface area contributed by atoms with Crippen LogP contribution in [-0.4, -0.2) is 45.8 Å². The van der Waals surface area contributed by atoms with Crippen LogP contribution in [0, 0.1) is 17.5 Å².